The van der Waals surface area contributed by atoms with Gasteiger partial charge in [-0.1, -0.05) is 16.8 Å². The van der Waals surface area contributed by atoms with Gasteiger partial charge in [-0.2, -0.15) is 0 Å². The molecule has 106 valence electrons. The summed E-state index contributed by atoms with van der Waals surface area (Å²) >= 11 is 6.11. The number of nitrogens with zero attached hydrogens (tertiary/aromatic N) is 1. The number of nitrogens with two attached hydrogens (primary N) is 1. The lowest BCUT2D eigenvalue weighted by Crippen LogP contribution is -2.15. The zero-order valence-corrected chi connectivity index (χ0v) is 11.5. The van der Waals surface area contributed by atoms with Gasteiger partial charge in [0.25, 0.3) is 0 Å². The van der Waals surface area contributed by atoms with Crippen molar-refractivity contribution >= 4 is 17.4 Å². The third-order valence-corrected chi connectivity index (χ3v) is 3.79. The Labute approximate surface area is 120 Å². The van der Waals surface area contributed by atoms with E-state index in [9.17, 15) is 4.39 Å². The molecule has 0 amide bonds. The highest BCUT2D eigenvalue weighted by Crippen LogP contribution is 2.40. The summed E-state index contributed by atoms with van der Waals surface area (Å²) in [6.45, 7) is 1.33. The number of rotatable bonds is 2. The SMILES string of the molecule is Nc1noc(C2CCCOC2)c1-c1ccc(F)cc1Cl. The fraction of sp³-hybridized carbons (Fsp3) is 0.357. The van der Waals surface area contributed by atoms with Crippen LogP contribution in [0.4, 0.5) is 10.2 Å². The number of benzene rings is 1. The molecule has 1 atom stereocenters. The Balaban J connectivity index is 2.06. The van der Waals surface area contributed by atoms with Gasteiger partial charge in [-0.05, 0) is 31.0 Å². The van der Waals surface area contributed by atoms with Crippen LogP contribution in [0.3, 0.4) is 0 Å². The number of nitrogen functional groups attached to an aromatic ring is 1. The molecular weight excluding hydrogens is 283 g/mol. The molecular formula is C14H14ClFN2O2. The largest absolute Gasteiger partial charge is 0.381 e. The molecule has 2 heterocycles. The van der Waals surface area contributed by atoms with Crippen LogP contribution in [-0.4, -0.2) is 18.4 Å². The Morgan fingerprint density at radius 1 is 1.40 bits per heavy atom. The Morgan fingerprint density at radius 2 is 2.25 bits per heavy atom. The predicted molar refractivity (Wildman–Crippen MR) is 74.1 cm³/mol. The normalized spacial score (nSPS) is 19.2. The van der Waals surface area contributed by atoms with E-state index in [4.69, 9.17) is 26.6 Å². The van der Waals surface area contributed by atoms with Crippen LogP contribution in [0.15, 0.2) is 22.7 Å². The lowest BCUT2D eigenvalue weighted by molar-refractivity contribution is 0.0723. The van der Waals surface area contributed by atoms with Gasteiger partial charge in [-0.15, -0.1) is 0 Å². The number of ether oxygens (including phenoxy) is 1. The fourth-order valence-corrected chi connectivity index (χ4v) is 2.77. The van der Waals surface area contributed by atoms with Crippen LogP contribution >= 0.6 is 11.6 Å². The lowest BCUT2D eigenvalue weighted by atomic mass is 9.93. The fourth-order valence-electron chi connectivity index (χ4n) is 2.50. The second-order valence-electron chi connectivity index (χ2n) is 4.85. The first kappa shape index (κ1) is 13.4. The molecule has 1 aromatic carbocycles. The van der Waals surface area contributed by atoms with Gasteiger partial charge in [-0.3, -0.25) is 0 Å². The van der Waals surface area contributed by atoms with Crippen molar-refractivity contribution in [2.45, 2.75) is 18.8 Å². The quantitative estimate of drug-likeness (QED) is 0.919. The summed E-state index contributed by atoms with van der Waals surface area (Å²) in [6.07, 6.45) is 1.91. The van der Waals surface area contributed by atoms with E-state index < -0.39 is 5.82 Å². The molecule has 20 heavy (non-hydrogen) atoms. The molecule has 0 aliphatic carbocycles. The van der Waals surface area contributed by atoms with Crippen molar-refractivity contribution in [1.82, 2.24) is 5.16 Å². The lowest BCUT2D eigenvalue weighted by Gasteiger charge is -2.20. The molecule has 1 saturated heterocycles. The van der Waals surface area contributed by atoms with Crippen molar-refractivity contribution in [2.24, 2.45) is 0 Å². The van der Waals surface area contributed by atoms with Crippen molar-refractivity contribution in [3.05, 3.63) is 34.8 Å². The third-order valence-electron chi connectivity index (χ3n) is 3.48. The Morgan fingerprint density at radius 3 is 2.95 bits per heavy atom. The first-order chi connectivity index (χ1) is 9.66. The molecule has 0 spiro atoms. The van der Waals surface area contributed by atoms with Gasteiger partial charge in [-0.25, -0.2) is 4.39 Å². The van der Waals surface area contributed by atoms with E-state index in [1.54, 1.807) is 6.07 Å². The first-order valence-electron chi connectivity index (χ1n) is 6.45. The maximum atomic E-state index is 13.2. The highest BCUT2D eigenvalue weighted by Gasteiger charge is 2.27. The van der Waals surface area contributed by atoms with E-state index in [0.717, 1.165) is 19.4 Å². The standard InChI is InChI=1S/C14H14ClFN2O2/c15-11-6-9(16)3-4-10(11)12-13(20-18-14(12)17)8-2-1-5-19-7-8/h3-4,6,8H,1-2,5,7H2,(H2,17,18). The van der Waals surface area contributed by atoms with Crippen LogP contribution in [-0.2, 0) is 4.74 Å². The van der Waals surface area contributed by atoms with Gasteiger partial charge in [0.15, 0.2) is 11.6 Å². The van der Waals surface area contributed by atoms with Gasteiger partial charge in [0.05, 0.1) is 17.2 Å². The second kappa shape index (κ2) is 5.42. The Bertz CT molecular complexity index is 624. The molecule has 2 aromatic rings. The minimum Gasteiger partial charge on any atom is -0.381 e. The molecule has 1 fully saturated rings. The van der Waals surface area contributed by atoms with E-state index in [-0.39, 0.29) is 16.8 Å². The maximum absolute atomic E-state index is 13.2. The first-order valence-corrected chi connectivity index (χ1v) is 6.83. The zero-order valence-electron chi connectivity index (χ0n) is 10.7. The monoisotopic (exact) mass is 296 g/mol. The van der Waals surface area contributed by atoms with Gasteiger partial charge < -0.3 is 15.0 Å². The van der Waals surface area contributed by atoms with Crippen molar-refractivity contribution in [3.63, 3.8) is 0 Å². The Kier molecular flexibility index (Phi) is 3.63. The number of hydrogen-bond donors (Lipinski definition) is 1. The van der Waals surface area contributed by atoms with Crippen LogP contribution in [0.1, 0.15) is 24.5 Å². The molecule has 1 unspecified atom stereocenters. The predicted octanol–water partition coefficient (Wildman–Crippen LogP) is 3.61. The number of anilines is 1. The van der Waals surface area contributed by atoms with E-state index in [1.165, 1.54) is 12.1 Å². The van der Waals surface area contributed by atoms with Crippen molar-refractivity contribution < 1.29 is 13.7 Å². The molecule has 1 aliphatic rings. The van der Waals surface area contributed by atoms with Gasteiger partial charge in [0, 0.05) is 18.1 Å². The van der Waals surface area contributed by atoms with E-state index in [0.29, 0.717) is 23.5 Å². The van der Waals surface area contributed by atoms with E-state index >= 15 is 0 Å². The summed E-state index contributed by atoms with van der Waals surface area (Å²) in [6, 6.07) is 4.19. The topological polar surface area (TPSA) is 61.3 Å². The number of hydrogen-bond acceptors (Lipinski definition) is 4. The van der Waals surface area contributed by atoms with Crippen LogP contribution < -0.4 is 5.73 Å². The van der Waals surface area contributed by atoms with Crippen LogP contribution in [0.5, 0.6) is 0 Å². The van der Waals surface area contributed by atoms with Crippen LogP contribution in [0.25, 0.3) is 11.1 Å². The molecule has 1 aliphatic heterocycles. The molecule has 0 bridgehead atoms. The van der Waals surface area contributed by atoms with Crippen molar-refractivity contribution in [2.75, 3.05) is 18.9 Å². The Hall–Kier alpha value is -1.59. The highest BCUT2D eigenvalue weighted by atomic mass is 35.5. The summed E-state index contributed by atoms with van der Waals surface area (Å²) in [7, 11) is 0. The van der Waals surface area contributed by atoms with Gasteiger partial charge >= 0.3 is 0 Å². The molecule has 0 saturated carbocycles. The molecule has 1 aromatic heterocycles. The number of halogens is 2. The summed E-state index contributed by atoms with van der Waals surface area (Å²) < 4.78 is 24.0. The third kappa shape index (κ3) is 2.39. The molecule has 2 N–H and O–H groups in total. The summed E-state index contributed by atoms with van der Waals surface area (Å²) in [5.41, 5.74) is 7.16. The van der Waals surface area contributed by atoms with Gasteiger partial charge in [0.1, 0.15) is 5.82 Å². The molecule has 0 radical (unpaired) electrons. The minimum absolute atomic E-state index is 0.102. The summed E-state index contributed by atoms with van der Waals surface area (Å²) in [5, 5.41) is 4.12. The second-order valence-corrected chi connectivity index (χ2v) is 5.25. The average Bonchev–Trinajstić information content (AvgIpc) is 2.82. The summed E-state index contributed by atoms with van der Waals surface area (Å²) in [4.78, 5) is 0. The average molecular weight is 297 g/mol. The van der Waals surface area contributed by atoms with E-state index in [1.807, 2.05) is 0 Å². The highest BCUT2D eigenvalue weighted by molar-refractivity contribution is 6.33. The smallest absolute Gasteiger partial charge is 0.175 e. The van der Waals surface area contributed by atoms with Crippen molar-refractivity contribution in [3.8, 4) is 11.1 Å². The molecule has 3 rings (SSSR count). The number of aromatic nitrogens is 1. The van der Waals surface area contributed by atoms with Crippen LogP contribution in [0, 0.1) is 5.82 Å². The minimum atomic E-state index is -0.392. The van der Waals surface area contributed by atoms with Crippen molar-refractivity contribution in [1.29, 1.82) is 0 Å². The summed E-state index contributed by atoms with van der Waals surface area (Å²) in [5.74, 6) is 0.635. The van der Waals surface area contributed by atoms with E-state index in [2.05, 4.69) is 5.16 Å². The van der Waals surface area contributed by atoms with Crippen LogP contribution in [0.2, 0.25) is 5.02 Å². The van der Waals surface area contributed by atoms with Gasteiger partial charge in [0.2, 0.25) is 0 Å². The molecule has 4 nitrogen and oxygen atoms in total. The molecule has 6 heteroatoms. The maximum Gasteiger partial charge on any atom is 0.175 e. The zero-order chi connectivity index (χ0) is 14.1.